The number of aromatic nitrogens is 2. The number of rotatable bonds is 8. The Labute approximate surface area is 183 Å². The van der Waals surface area contributed by atoms with Crippen LogP contribution in [0.15, 0.2) is 60.8 Å². The number of amides is 2. The van der Waals surface area contributed by atoms with Gasteiger partial charge >= 0.3 is 0 Å². The zero-order valence-corrected chi connectivity index (χ0v) is 17.4. The summed E-state index contributed by atoms with van der Waals surface area (Å²) in [6.07, 6.45) is 0.932. The van der Waals surface area contributed by atoms with Crippen LogP contribution in [0.5, 0.6) is 5.88 Å². The fourth-order valence-corrected chi connectivity index (χ4v) is 3.06. The van der Waals surface area contributed by atoms with Crippen molar-refractivity contribution in [1.29, 1.82) is 0 Å². The Morgan fingerprint density at radius 3 is 2.48 bits per heavy atom. The molecule has 2 amide bonds. The summed E-state index contributed by atoms with van der Waals surface area (Å²) in [5.41, 5.74) is 6.86. The number of Topliss-reactive ketones (excluding diaryl/α,β-unsaturated/α-hetero) is 1. The van der Waals surface area contributed by atoms with E-state index in [-0.39, 0.29) is 18.2 Å². The average molecular weight is 439 g/mol. The van der Waals surface area contributed by atoms with Crippen molar-refractivity contribution in [2.45, 2.75) is 13.0 Å². The second kappa shape index (κ2) is 9.82. The molecule has 0 atom stereocenters. The molecule has 0 aliphatic carbocycles. The second-order valence-corrected chi connectivity index (χ2v) is 6.98. The van der Waals surface area contributed by atoms with Crippen LogP contribution in [-0.2, 0) is 11.3 Å². The third kappa shape index (κ3) is 5.64. The number of ether oxygens (including phenoxy) is 1. The SMILES string of the molecule is COc1ccnc(C(=O)CC(=O)N(Cc2cccc(Cl)c2)c2ccc(C(N)=O)cc2)n1. The Morgan fingerprint density at radius 2 is 1.84 bits per heavy atom. The second-order valence-electron chi connectivity index (χ2n) is 6.54. The number of hydrogen-bond acceptors (Lipinski definition) is 6. The minimum atomic E-state index is -0.579. The molecule has 8 nitrogen and oxygen atoms in total. The molecule has 1 heterocycles. The minimum absolute atomic E-state index is 0.112. The molecule has 1 aromatic heterocycles. The summed E-state index contributed by atoms with van der Waals surface area (Å²) < 4.78 is 5.00. The molecular formula is C22H19ClN4O4. The van der Waals surface area contributed by atoms with Gasteiger partial charge in [0.05, 0.1) is 20.1 Å². The van der Waals surface area contributed by atoms with Gasteiger partial charge < -0.3 is 15.4 Å². The summed E-state index contributed by atoms with van der Waals surface area (Å²) >= 11 is 6.07. The van der Waals surface area contributed by atoms with Gasteiger partial charge in [-0.3, -0.25) is 14.4 Å². The Bertz CT molecular complexity index is 1120. The highest BCUT2D eigenvalue weighted by atomic mass is 35.5. The molecule has 0 radical (unpaired) electrons. The number of hydrogen-bond donors (Lipinski definition) is 1. The standard InChI is InChI=1S/C22H19ClN4O4/c1-31-19-9-10-25-22(26-19)18(28)12-20(29)27(13-14-3-2-4-16(23)11-14)17-7-5-15(6-8-17)21(24)30/h2-11H,12-13H2,1H3,(H2,24,30). The number of carbonyl (C=O) groups is 3. The van der Waals surface area contributed by atoms with E-state index in [0.717, 1.165) is 5.56 Å². The predicted molar refractivity (Wildman–Crippen MR) is 115 cm³/mol. The molecule has 3 aromatic rings. The average Bonchev–Trinajstić information content (AvgIpc) is 2.77. The van der Waals surface area contributed by atoms with Crippen LogP contribution in [0.1, 0.15) is 33.0 Å². The van der Waals surface area contributed by atoms with Crippen molar-refractivity contribution in [1.82, 2.24) is 9.97 Å². The molecule has 2 aromatic carbocycles. The van der Waals surface area contributed by atoms with E-state index in [1.54, 1.807) is 30.3 Å². The summed E-state index contributed by atoms with van der Waals surface area (Å²) in [7, 11) is 1.42. The molecule has 0 bridgehead atoms. The summed E-state index contributed by atoms with van der Waals surface area (Å²) in [4.78, 5) is 46.4. The van der Waals surface area contributed by atoms with Gasteiger partial charge in [-0.25, -0.2) is 4.98 Å². The first-order chi connectivity index (χ1) is 14.9. The normalized spacial score (nSPS) is 10.4. The van der Waals surface area contributed by atoms with E-state index in [9.17, 15) is 14.4 Å². The van der Waals surface area contributed by atoms with Crippen LogP contribution in [0.3, 0.4) is 0 Å². The quantitative estimate of drug-likeness (QED) is 0.427. The zero-order chi connectivity index (χ0) is 22.4. The van der Waals surface area contributed by atoms with Crippen molar-refractivity contribution in [3.05, 3.63) is 82.8 Å². The van der Waals surface area contributed by atoms with Crippen LogP contribution < -0.4 is 15.4 Å². The van der Waals surface area contributed by atoms with Crippen molar-refractivity contribution in [2.24, 2.45) is 5.73 Å². The van der Waals surface area contributed by atoms with E-state index in [1.807, 2.05) is 6.07 Å². The van der Waals surface area contributed by atoms with Gasteiger partial charge in [0, 0.05) is 28.5 Å². The van der Waals surface area contributed by atoms with E-state index in [0.29, 0.717) is 16.3 Å². The lowest BCUT2D eigenvalue weighted by atomic mass is 10.1. The van der Waals surface area contributed by atoms with Gasteiger partial charge in [-0.05, 0) is 42.0 Å². The molecular weight excluding hydrogens is 420 g/mol. The number of methoxy groups -OCH3 is 1. The zero-order valence-electron chi connectivity index (χ0n) is 16.6. The fraction of sp³-hybridized carbons (Fsp3) is 0.136. The Kier molecular flexibility index (Phi) is 6.94. The largest absolute Gasteiger partial charge is 0.481 e. The predicted octanol–water partition coefficient (Wildman–Crippen LogP) is 3.04. The lowest BCUT2D eigenvalue weighted by Gasteiger charge is -2.23. The van der Waals surface area contributed by atoms with Crippen molar-refractivity contribution in [3.63, 3.8) is 0 Å². The van der Waals surface area contributed by atoms with E-state index in [2.05, 4.69) is 9.97 Å². The lowest BCUT2D eigenvalue weighted by molar-refractivity contribution is -0.117. The smallest absolute Gasteiger partial charge is 0.248 e. The number of benzene rings is 2. The van der Waals surface area contributed by atoms with Crippen LogP contribution in [0.25, 0.3) is 0 Å². The van der Waals surface area contributed by atoms with E-state index in [4.69, 9.17) is 22.1 Å². The highest BCUT2D eigenvalue weighted by Gasteiger charge is 2.22. The van der Waals surface area contributed by atoms with Crippen LogP contribution in [-0.4, -0.2) is 34.7 Å². The lowest BCUT2D eigenvalue weighted by Crippen LogP contribution is -2.32. The van der Waals surface area contributed by atoms with Gasteiger partial charge in [0.25, 0.3) is 0 Å². The number of carbonyl (C=O) groups excluding carboxylic acids is 3. The first kappa shape index (κ1) is 21.9. The number of ketones is 1. The molecule has 0 spiro atoms. The molecule has 2 N–H and O–H groups in total. The van der Waals surface area contributed by atoms with Gasteiger partial charge in [0.1, 0.15) is 0 Å². The van der Waals surface area contributed by atoms with Crippen LogP contribution in [0, 0.1) is 0 Å². The molecule has 0 aliphatic heterocycles. The fourth-order valence-electron chi connectivity index (χ4n) is 2.85. The van der Waals surface area contributed by atoms with E-state index >= 15 is 0 Å². The minimum Gasteiger partial charge on any atom is -0.481 e. The van der Waals surface area contributed by atoms with E-state index < -0.39 is 24.0 Å². The van der Waals surface area contributed by atoms with Crippen LogP contribution in [0.2, 0.25) is 5.02 Å². The maximum absolute atomic E-state index is 13.1. The Morgan fingerprint density at radius 1 is 1.10 bits per heavy atom. The first-order valence-electron chi connectivity index (χ1n) is 9.22. The van der Waals surface area contributed by atoms with Crippen LogP contribution >= 0.6 is 11.6 Å². The Hall–Kier alpha value is -3.78. The third-order valence-electron chi connectivity index (χ3n) is 4.39. The van der Waals surface area contributed by atoms with Crippen molar-refractivity contribution in [2.75, 3.05) is 12.0 Å². The Balaban J connectivity index is 1.87. The first-order valence-corrected chi connectivity index (χ1v) is 9.60. The van der Waals surface area contributed by atoms with Gasteiger partial charge in [-0.15, -0.1) is 0 Å². The van der Waals surface area contributed by atoms with Gasteiger partial charge in [-0.1, -0.05) is 23.7 Å². The molecule has 0 unspecified atom stereocenters. The van der Waals surface area contributed by atoms with Crippen molar-refractivity contribution >= 4 is 34.9 Å². The van der Waals surface area contributed by atoms with Gasteiger partial charge in [-0.2, -0.15) is 4.98 Å². The van der Waals surface area contributed by atoms with Crippen molar-refractivity contribution < 1.29 is 19.1 Å². The maximum atomic E-state index is 13.1. The summed E-state index contributed by atoms with van der Waals surface area (Å²) in [6.45, 7) is 0.168. The highest BCUT2D eigenvalue weighted by Crippen LogP contribution is 2.21. The molecule has 3 rings (SSSR count). The number of nitrogens with two attached hydrogens (primary N) is 1. The summed E-state index contributed by atoms with van der Waals surface area (Å²) in [5.74, 6) is -1.48. The molecule has 0 aliphatic rings. The number of halogens is 1. The van der Waals surface area contributed by atoms with E-state index in [1.165, 1.54) is 36.4 Å². The molecule has 158 valence electrons. The molecule has 9 heteroatoms. The summed E-state index contributed by atoms with van der Waals surface area (Å²) in [5, 5.41) is 0.523. The third-order valence-corrected chi connectivity index (χ3v) is 4.63. The molecule has 31 heavy (non-hydrogen) atoms. The molecule has 0 fully saturated rings. The monoisotopic (exact) mass is 438 g/mol. The highest BCUT2D eigenvalue weighted by molar-refractivity contribution is 6.30. The maximum Gasteiger partial charge on any atom is 0.248 e. The number of nitrogens with zero attached hydrogens (tertiary/aromatic N) is 3. The number of primary amides is 1. The van der Waals surface area contributed by atoms with Crippen LogP contribution in [0.4, 0.5) is 5.69 Å². The van der Waals surface area contributed by atoms with Gasteiger partial charge in [0.2, 0.25) is 23.5 Å². The van der Waals surface area contributed by atoms with Gasteiger partial charge in [0.15, 0.2) is 5.82 Å². The molecule has 0 saturated carbocycles. The molecule has 0 saturated heterocycles. The number of anilines is 1. The summed E-state index contributed by atoms with van der Waals surface area (Å²) in [6, 6.07) is 14.8. The van der Waals surface area contributed by atoms with Crippen molar-refractivity contribution in [3.8, 4) is 5.88 Å². The topological polar surface area (TPSA) is 115 Å².